The largest absolute Gasteiger partial charge is 0.497 e. The number of carbonyl (C=O) groups is 2. The Kier molecular flexibility index (Phi) is 6.31. The number of benzene rings is 2. The summed E-state index contributed by atoms with van der Waals surface area (Å²) in [7, 11) is 3.44. The third kappa shape index (κ3) is 4.51. The van der Waals surface area contributed by atoms with E-state index in [0.717, 1.165) is 29.0 Å². The lowest BCUT2D eigenvalue weighted by atomic mass is 10.1. The van der Waals surface area contributed by atoms with E-state index in [9.17, 15) is 9.59 Å². The first-order valence-electron chi connectivity index (χ1n) is 9.53. The van der Waals surface area contributed by atoms with Gasteiger partial charge in [0.1, 0.15) is 5.75 Å². The average molecular weight is 381 g/mol. The highest BCUT2D eigenvalue weighted by atomic mass is 16.5. The summed E-state index contributed by atoms with van der Waals surface area (Å²) in [4.78, 5) is 27.0. The summed E-state index contributed by atoms with van der Waals surface area (Å²) < 4.78 is 5.24. The zero-order valence-corrected chi connectivity index (χ0v) is 16.6. The fourth-order valence-electron chi connectivity index (χ4n) is 3.43. The predicted molar refractivity (Wildman–Crippen MR) is 111 cm³/mol. The third-order valence-corrected chi connectivity index (χ3v) is 5.00. The van der Waals surface area contributed by atoms with Crippen molar-refractivity contribution >= 4 is 23.2 Å². The number of hydrogen-bond acceptors (Lipinski definition) is 4. The number of fused-ring (bicyclic) bond motifs is 1. The Labute approximate surface area is 165 Å². The highest BCUT2D eigenvalue weighted by Crippen LogP contribution is 2.31. The second-order valence-corrected chi connectivity index (χ2v) is 7.12. The molecule has 1 aliphatic rings. The van der Waals surface area contributed by atoms with Crippen molar-refractivity contribution in [3.63, 3.8) is 0 Å². The summed E-state index contributed by atoms with van der Waals surface area (Å²) in [5.41, 5.74) is 3.64. The molecule has 0 bridgehead atoms. The van der Waals surface area contributed by atoms with Crippen LogP contribution in [0.1, 0.15) is 18.1 Å². The van der Waals surface area contributed by atoms with Crippen LogP contribution in [0.4, 0.5) is 11.4 Å². The molecule has 0 radical (unpaired) electrons. The Balaban J connectivity index is 1.73. The lowest BCUT2D eigenvalue weighted by Gasteiger charge is -2.19. The first-order valence-corrected chi connectivity index (χ1v) is 9.53. The molecule has 3 rings (SSSR count). The number of amides is 2. The number of nitrogens with zero attached hydrogens (tertiary/aromatic N) is 1. The molecule has 1 unspecified atom stereocenters. The van der Waals surface area contributed by atoms with Crippen LogP contribution in [-0.4, -0.2) is 39.1 Å². The lowest BCUT2D eigenvalue weighted by molar-refractivity contribution is -0.119. The van der Waals surface area contributed by atoms with E-state index in [2.05, 4.69) is 10.6 Å². The van der Waals surface area contributed by atoms with Crippen LogP contribution in [0.25, 0.3) is 0 Å². The Bertz CT molecular complexity index is 866. The van der Waals surface area contributed by atoms with Gasteiger partial charge in [-0.1, -0.05) is 25.1 Å². The van der Waals surface area contributed by atoms with Crippen LogP contribution in [0.15, 0.2) is 42.5 Å². The molecule has 0 aromatic heterocycles. The van der Waals surface area contributed by atoms with Gasteiger partial charge in [0.05, 0.1) is 13.5 Å². The van der Waals surface area contributed by atoms with E-state index in [1.807, 2.05) is 61.3 Å². The number of nitrogens with one attached hydrogen (secondary N) is 2. The standard InChI is InChI=1S/C22H27N3O3/c1-15(14-23-2)22(27)24-18-8-7-17-9-10-25(20(17)13-18)21(26)12-16-5-4-6-19(11-16)28-3/h4-8,11,13,15,23H,9-10,12,14H2,1-3H3,(H,24,27). The number of carbonyl (C=O) groups excluding carboxylic acids is 2. The molecule has 0 saturated carbocycles. The summed E-state index contributed by atoms with van der Waals surface area (Å²) in [6, 6.07) is 13.4. The van der Waals surface area contributed by atoms with E-state index < -0.39 is 0 Å². The van der Waals surface area contributed by atoms with Crippen LogP contribution in [0.5, 0.6) is 5.75 Å². The van der Waals surface area contributed by atoms with Crippen molar-refractivity contribution in [2.24, 2.45) is 5.92 Å². The van der Waals surface area contributed by atoms with Crippen LogP contribution >= 0.6 is 0 Å². The fourth-order valence-corrected chi connectivity index (χ4v) is 3.43. The Hall–Kier alpha value is -2.86. The fraction of sp³-hybridized carbons (Fsp3) is 0.364. The van der Waals surface area contributed by atoms with Crippen molar-refractivity contribution in [2.45, 2.75) is 19.8 Å². The smallest absolute Gasteiger partial charge is 0.231 e. The molecule has 1 atom stereocenters. The molecule has 28 heavy (non-hydrogen) atoms. The molecule has 6 nitrogen and oxygen atoms in total. The highest BCUT2D eigenvalue weighted by Gasteiger charge is 2.25. The van der Waals surface area contributed by atoms with Gasteiger partial charge < -0.3 is 20.3 Å². The number of rotatable bonds is 7. The lowest BCUT2D eigenvalue weighted by Crippen LogP contribution is -2.30. The molecule has 2 amide bonds. The third-order valence-electron chi connectivity index (χ3n) is 5.00. The van der Waals surface area contributed by atoms with E-state index in [1.165, 1.54) is 0 Å². The molecule has 0 saturated heterocycles. The summed E-state index contributed by atoms with van der Waals surface area (Å²) in [5, 5.41) is 5.95. The average Bonchev–Trinajstić information content (AvgIpc) is 3.11. The maximum absolute atomic E-state index is 12.9. The zero-order valence-electron chi connectivity index (χ0n) is 16.6. The van der Waals surface area contributed by atoms with Crippen LogP contribution in [0, 0.1) is 5.92 Å². The number of methoxy groups -OCH3 is 1. The van der Waals surface area contributed by atoms with Gasteiger partial charge in [-0.25, -0.2) is 0 Å². The van der Waals surface area contributed by atoms with E-state index in [1.54, 1.807) is 7.11 Å². The van der Waals surface area contributed by atoms with Gasteiger partial charge in [-0.2, -0.15) is 0 Å². The predicted octanol–water partition coefficient (Wildman–Crippen LogP) is 2.62. The van der Waals surface area contributed by atoms with Crippen LogP contribution in [0.3, 0.4) is 0 Å². The van der Waals surface area contributed by atoms with Crippen molar-refractivity contribution in [2.75, 3.05) is 37.5 Å². The monoisotopic (exact) mass is 381 g/mol. The van der Waals surface area contributed by atoms with Crippen LogP contribution < -0.4 is 20.3 Å². The van der Waals surface area contributed by atoms with Gasteiger partial charge in [0, 0.05) is 30.4 Å². The van der Waals surface area contributed by atoms with E-state index >= 15 is 0 Å². The van der Waals surface area contributed by atoms with Gasteiger partial charge in [0.15, 0.2) is 0 Å². The molecule has 2 aromatic rings. The van der Waals surface area contributed by atoms with Gasteiger partial charge in [-0.3, -0.25) is 9.59 Å². The van der Waals surface area contributed by atoms with Gasteiger partial charge in [0.2, 0.25) is 11.8 Å². The quantitative estimate of drug-likeness (QED) is 0.774. The molecule has 2 N–H and O–H groups in total. The molecule has 0 fully saturated rings. The van der Waals surface area contributed by atoms with E-state index in [0.29, 0.717) is 25.2 Å². The maximum Gasteiger partial charge on any atom is 0.231 e. The molecular weight excluding hydrogens is 354 g/mol. The van der Waals surface area contributed by atoms with Crippen LogP contribution in [0.2, 0.25) is 0 Å². The Morgan fingerprint density at radius 2 is 2.04 bits per heavy atom. The molecule has 0 aliphatic carbocycles. The summed E-state index contributed by atoms with van der Waals surface area (Å²) in [6.45, 7) is 3.15. The molecule has 148 valence electrons. The Morgan fingerprint density at radius 3 is 2.79 bits per heavy atom. The normalized spacial score (nSPS) is 13.8. The second kappa shape index (κ2) is 8.89. The first kappa shape index (κ1) is 19.9. The van der Waals surface area contributed by atoms with Gasteiger partial charge >= 0.3 is 0 Å². The minimum absolute atomic E-state index is 0.0402. The van der Waals surface area contributed by atoms with Crippen molar-refractivity contribution in [1.82, 2.24) is 5.32 Å². The van der Waals surface area contributed by atoms with Gasteiger partial charge in [-0.05, 0) is 48.9 Å². The van der Waals surface area contributed by atoms with E-state index in [4.69, 9.17) is 4.74 Å². The zero-order chi connectivity index (χ0) is 20.1. The summed E-state index contributed by atoms with van der Waals surface area (Å²) >= 11 is 0. The highest BCUT2D eigenvalue weighted by molar-refractivity contribution is 5.98. The van der Waals surface area contributed by atoms with Gasteiger partial charge in [0.25, 0.3) is 0 Å². The maximum atomic E-state index is 12.9. The van der Waals surface area contributed by atoms with E-state index in [-0.39, 0.29) is 17.7 Å². The van der Waals surface area contributed by atoms with Crippen molar-refractivity contribution in [3.05, 3.63) is 53.6 Å². The number of anilines is 2. The molecule has 1 heterocycles. The minimum Gasteiger partial charge on any atom is -0.497 e. The molecule has 2 aromatic carbocycles. The molecule has 6 heteroatoms. The minimum atomic E-state index is -0.135. The van der Waals surface area contributed by atoms with Crippen molar-refractivity contribution in [1.29, 1.82) is 0 Å². The van der Waals surface area contributed by atoms with Crippen molar-refractivity contribution < 1.29 is 14.3 Å². The van der Waals surface area contributed by atoms with Crippen molar-refractivity contribution in [3.8, 4) is 5.75 Å². The molecule has 0 spiro atoms. The Morgan fingerprint density at radius 1 is 1.21 bits per heavy atom. The van der Waals surface area contributed by atoms with Crippen LogP contribution in [-0.2, 0) is 22.4 Å². The summed E-state index contributed by atoms with van der Waals surface area (Å²) in [6.07, 6.45) is 1.13. The SMILES string of the molecule is CNCC(C)C(=O)Nc1ccc2c(c1)N(C(=O)Cc1cccc(OC)c1)CC2. The number of ether oxygens (including phenoxy) is 1. The molecular formula is C22H27N3O3. The van der Waals surface area contributed by atoms with Gasteiger partial charge in [-0.15, -0.1) is 0 Å². The molecule has 1 aliphatic heterocycles. The topological polar surface area (TPSA) is 70.7 Å². The number of hydrogen-bond donors (Lipinski definition) is 2. The first-order chi connectivity index (χ1) is 13.5. The summed E-state index contributed by atoms with van der Waals surface area (Å²) in [5.74, 6) is 0.609. The second-order valence-electron chi connectivity index (χ2n) is 7.12.